The van der Waals surface area contributed by atoms with Gasteiger partial charge in [-0.15, -0.1) is 0 Å². The summed E-state index contributed by atoms with van der Waals surface area (Å²) in [5, 5.41) is 28.4. The summed E-state index contributed by atoms with van der Waals surface area (Å²) < 4.78 is 9.77. The van der Waals surface area contributed by atoms with Gasteiger partial charge in [0.2, 0.25) is 0 Å². The quantitative estimate of drug-likeness (QED) is 0.239. The first-order valence-corrected chi connectivity index (χ1v) is 9.08. The number of allylic oxidation sites excluding steroid dienone is 5. The lowest BCUT2D eigenvalue weighted by Crippen LogP contribution is -2.24. The molecule has 0 aliphatic rings. The third kappa shape index (κ3) is 9.97. The van der Waals surface area contributed by atoms with Crippen LogP contribution < -0.4 is 0 Å². The molecule has 0 saturated carbocycles. The second kappa shape index (κ2) is 13.0. The smallest absolute Gasteiger partial charge is 0.330 e. The van der Waals surface area contributed by atoms with E-state index in [1.807, 2.05) is 32.1 Å². The monoisotopic (exact) mass is 402 g/mol. The van der Waals surface area contributed by atoms with Gasteiger partial charge in [0.25, 0.3) is 0 Å². The molecule has 0 aliphatic heterocycles. The molecule has 1 aromatic carbocycles. The Bertz CT molecular complexity index is 803. The molecule has 29 heavy (non-hydrogen) atoms. The fourth-order valence-electron chi connectivity index (χ4n) is 2.09. The molecule has 0 aromatic heterocycles. The minimum atomic E-state index is -1.16. The molecule has 0 aliphatic carbocycles. The zero-order chi connectivity index (χ0) is 21.6. The fourth-order valence-corrected chi connectivity index (χ4v) is 2.09. The van der Waals surface area contributed by atoms with E-state index >= 15 is 0 Å². The van der Waals surface area contributed by atoms with Crippen molar-refractivity contribution in [2.75, 3.05) is 13.2 Å². The van der Waals surface area contributed by atoms with Crippen LogP contribution in [0.2, 0.25) is 0 Å². The maximum Gasteiger partial charge on any atom is 0.330 e. The SMILES string of the molecule is C\C=C/C(/C=C/C(=O)OCC(O)COC(=O)/C=C/c1ccc(O)c(O)c1)=C\CC. The number of carbonyl (C=O) groups is 2. The number of carbonyl (C=O) groups excluding carboxylic acids is 2. The Labute approximate surface area is 169 Å². The maximum absolute atomic E-state index is 11.7. The molecule has 0 fully saturated rings. The summed E-state index contributed by atoms with van der Waals surface area (Å²) in [5.41, 5.74) is 1.35. The van der Waals surface area contributed by atoms with Gasteiger partial charge in [0.15, 0.2) is 11.5 Å². The third-order valence-electron chi connectivity index (χ3n) is 3.46. The molecule has 0 saturated heterocycles. The Morgan fingerprint density at radius 1 is 1.00 bits per heavy atom. The van der Waals surface area contributed by atoms with Gasteiger partial charge in [0, 0.05) is 12.2 Å². The van der Waals surface area contributed by atoms with Crippen molar-refractivity contribution in [1.82, 2.24) is 0 Å². The Morgan fingerprint density at radius 3 is 2.24 bits per heavy atom. The summed E-state index contributed by atoms with van der Waals surface area (Å²) in [4.78, 5) is 23.3. The first-order valence-electron chi connectivity index (χ1n) is 9.08. The standard InChI is InChI=1S/C22H26O7/c1-3-5-16(6-4-2)8-11-21(26)28-14-18(23)15-29-22(27)12-9-17-7-10-19(24)20(25)13-17/h3,5-13,18,23-25H,4,14-15H2,1-2H3/b5-3-,11-8+,12-9+,16-6+. The van der Waals surface area contributed by atoms with Gasteiger partial charge in [0.1, 0.15) is 19.3 Å². The molecule has 0 spiro atoms. The number of rotatable bonds is 10. The molecule has 1 aromatic rings. The number of phenolic OH excluding ortho intramolecular Hbond substituents is 2. The van der Waals surface area contributed by atoms with Crippen molar-refractivity contribution in [2.45, 2.75) is 26.4 Å². The third-order valence-corrected chi connectivity index (χ3v) is 3.46. The van der Waals surface area contributed by atoms with Crippen LogP contribution in [0.25, 0.3) is 6.08 Å². The second-order valence-electron chi connectivity index (χ2n) is 5.94. The molecule has 156 valence electrons. The average Bonchev–Trinajstić information content (AvgIpc) is 2.70. The number of benzene rings is 1. The highest BCUT2D eigenvalue weighted by molar-refractivity contribution is 5.87. The van der Waals surface area contributed by atoms with Gasteiger partial charge >= 0.3 is 11.9 Å². The van der Waals surface area contributed by atoms with Crippen LogP contribution in [-0.4, -0.2) is 46.6 Å². The van der Waals surface area contributed by atoms with Gasteiger partial charge in [-0.3, -0.25) is 0 Å². The van der Waals surface area contributed by atoms with Crippen LogP contribution in [0.15, 0.2) is 60.2 Å². The van der Waals surface area contributed by atoms with Gasteiger partial charge in [-0.05, 0) is 48.8 Å². The Kier molecular flexibility index (Phi) is 10.6. The summed E-state index contributed by atoms with van der Waals surface area (Å²) in [7, 11) is 0. The molecule has 0 bridgehead atoms. The number of hydrogen-bond acceptors (Lipinski definition) is 7. The molecule has 1 rings (SSSR count). The van der Waals surface area contributed by atoms with Crippen LogP contribution in [0.3, 0.4) is 0 Å². The first kappa shape index (κ1) is 23.7. The van der Waals surface area contributed by atoms with Crippen molar-refractivity contribution in [2.24, 2.45) is 0 Å². The number of aromatic hydroxyl groups is 2. The fraction of sp³-hybridized carbons (Fsp3) is 0.273. The van der Waals surface area contributed by atoms with Gasteiger partial charge < -0.3 is 24.8 Å². The minimum absolute atomic E-state index is 0.267. The molecule has 1 unspecified atom stereocenters. The van der Waals surface area contributed by atoms with E-state index in [1.54, 1.807) is 6.08 Å². The lowest BCUT2D eigenvalue weighted by atomic mass is 10.2. The summed E-state index contributed by atoms with van der Waals surface area (Å²) in [5.74, 6) is -1.91. The van der Waals surface area contributed by atoms with E-state index in [9.17, 15) is 24.9 Å². The van der Waals surface area contributed by atoms with Crippen LogP contribution in [0.4, 0.5) is 0 Å². The van der Waals surface area contributed by atoms with Crippen LogP contribution >= 0.6 is 0 Å². The maximum atomic E-state index is 11.7. The van der Waals surface area contributed by atoms with Gasteiger partial charge in [-0.1, -0.05) is 31.2 Å². The van der Waals surface area contributed by atoms with E-state index in [4.69, 9.17) is 9.47 Å². The predicted molar refractivity (Wildman–Crippen MR) is 109 cm³/mol. The van der Waals surface area contributed by atoms with Crippen LogP contribution in [0.5, 0.6) is 11.5 Å². The number of ether oxygens (including phenoxy) is 2. The summed E-state index contributed by atoms with van der Waals surface area (Å²) in [6, 6.07) is 4.06. The van der Waals surface area contributed by atoms with Crippen molar-refractivity contribution >= 4 is 18.0 Å². The normalized spacial score (nSPS) is 13.3. The van der Waals surface area contributed by atoms with E-state index < -0.39 is 18.0 Å². The van der Waals surface area contributed by atoms with Crippen molar-refractivity contribution in [3.05, 3.63) is 65.8 Å². The molecule has 0 amide bonds. The number of aliphatic hydroxyl groups is 1. The highest BCUT2D eigenvalue weighted by Gasteiger charge is 2.10. The Balaban J connectivity index is 2.38. The van der Waals surface area contributed by atoms with Crippen LogP contribution in [-0.2, 0) is 19.1 Å². The Morgan fingerprint density at radius 2 is 1.66 bits per heavy atom. The van der Waals surface area contributed by atoms with Crippen LogP contribution in [0.1, 0.15) is 25.8 Å². The van der Waals surface area contributed by atoms with Crippen molar-refractivity contribution in [3.63, 3.8) is 0 Å². The Hall–Kier alpha value is -3.32. The van der Waals surface area contributed by atoms with Crippen molar-refractivity contribution in [3.8, 4) is 11.5 Å². The summed E-state index contributed by atoms with van der Waals surface area (Å²) in [6.45, 7) is 3.19. The first-order chi connectivity index (χ1) is 13.8. The molecular weight excluding hydrogens is 376 g/mol. The molecular formula is C22H26O7. The van der Waals surface area contributed by atoms with E-state index in [0.717, 1.165) is 18.1 Å². The molecule has 1 atom stereocenters. The number of hydrogen-bond donors (Lipinski definition) is 3. The summed E-state index contributed by atoms with van der Waals surface area (Å²) in [6.07, 6.45) is 10.7. The van der Waals surface area contributed by atoms with E-state index in [0.29, 0.717) is 5.56 Å². The predicted octanol–water partition coefficient (Wildman–Crippen LogP) is 3.03. The minimum Gasteiger partial charge on any atom is -0.504 e. The van der Waals surface area contributed by atoms with Crippen molar-refractivity contribution < 1.29 is 34.4 Å². The van der Waals surface area contributed by atoms with Crippen molar-refractivity contribution in [1.29, 1.82) is 0 Å². The molecule has 3 N–H and O–H groups in total. The second-order valence-corrected chi connectivity index (χ2v) is 5.94. The highest BCUT2D eigenvalue weighted by Crippen LogP contribution is 2.25. The van der Waals surface area contributed by atoms with Crippen LogP contribution in [0, 0.1) is 0 Å². The largest absolute Gasteiger partial charge is 0.504 e. The number of aliphatic hydroxyl groups excluding tert-OH is 1. The van der Waals surface area contributed by atoms with Gasteiger partial charge in [-0.2, -0.15) is 0 Å². The lowest BCUT2D eigenvalue weighted by Gasteiger charge is -2.10. The molecule has 0 heterocycles. The number of phenols is 2. The van der Waals surface area contributed by atoms with Gasteiger partial charge in [0.05, 0.1) is 0 Å². The molecule has 0 radical (unpaired) electrons. The van der Waals surface area contributed by atoms with E-state index in [-0.39, 0.29) is 24.7 Å². The van der Waals surface area contributed by atoms with E-state index in [1.165, 1.54) is 30.4 Å². The van der Waals surface area contributed by atoms with E-state index in [2.05, 4.69) is 0 Å². The van der Waals surface area contributed by atoms with Gasteiger partial charge in [-0.25, -0.2) is 9.59 Å². The highest BCUT2D eigenvalue weighted by atomic mass is 16.6. The summed E-state index contributed by atoms with van der Waals surface area (Å²) >= 11 is 0. The molecule has 7 heteroatoms. The average molecular weight is 402 g/mol. The topological polar surface area (TPSA) is 113 Å². The zero-order valence-corrected chi connectivity index (χ0v) is 16.4. The zero-order valence-electron chi connectivity index (χ0n) is 16.4. The molecule has 7 nitrogen and oxygen atoms in total. The lowest BCUT2D eigenvalue weighted by molar-refractivity contribution is -0.146. The number of esters is 2.